The molecule has 21 heavy (non-hydrogen) atoms. The van der Waals surface area contributed by atoms with Crippen molar-refractivity contribution in [3.63, 3.8) is 0 Å². The summed E-state index contributed by atoms with van der Waals surface area (Å²) < 4.78 is 5.23. The van der Waals surface area contributed by atoms with Crippen LogP contribution in [0.2, 0.25) is 0 Å². The second-order valence-electron chi connectivity index (χ2n) is 4.32. The largest absolute Gasteiger partial charge is 0.495 e. The SMILES string of the molecule is COc1cc(C#N)ccc1Nc1ccc(N)cc1C(N)=O. The molecule has 0 bridgehead atoms. The molecule has 2 rings (SSSR count). The number of nitrogen functional groups attached to an aromatic ring is 1. The number of benzene rings is 2. The molecule has 0 aromatic heterocycles. The molecule has 6 nitrogen and oxygen atoms in total. The van der Waals surface area contributed by atoms with Crippen LogP contribution in [-0.2, 0) is 0 Å². The fourth-order valence-corrected chi connectivity index (χ4v) is 1.88. The summed E-state index contributed by atoms with van der Waals surface area (Å²) in [7, 11) is 1.50. The highest BCUT2D eigenvalue weighted by molar-refractivity contribution is 6.00. The average Bonchev–Trinajstić information content (AvgIpc) is 2.49. The quantitative estimate of drug-likeness (QED) is 0.742. The van der Waals surface area contributed by atoms with Crippen LogP contribution >= 0.6 is 0 Å². The first-order chi connectivity index (χ1) is 10.0. The zero-order valence-electron chi connectivity index (χ0n) is 11.4. The van der Waals surface area contributed by atoms with Crippen molar-refractivity contribution in [2.75, 3.05) is 18.2 Å². The summed E-state index contributed by atoms with van der Waals surface area (Å²) >= 11 is 0. The third-order valence-electron chi connectivity index (χ3n) is 2.91. The van der Waals surface area contributed by atoms with E-state index in [4.69, 9.17) is 21.5 Å². The van der Waals surface area contributed by atoms with Gasteiger partial charge in [0.25, 0.3) is 5.91 Å². The van der Waals surface area contributed by atoms with Gasteiger partial charge in [-0.15, -0.1) is 0 Å². The van der Waals surface area contributed by atoms with Gasteiger partial charge in [-0.25, -0.2) is 0 Å². The first-order valence-electron chi connectivity index (χ1n) is 6.09. The van der Waals surface area contributed by atoms with Crippen molar-refractivity contribution < 1.29 is 9.53 Å². The van der Waals surface area contributed by atoms with Crippen LogP contribution in [0.4, 0.5) is 17.1 Å². The number of nitrogens with zero attached hydrogens (tertiary/aromatic N) is 1. The molecule has 0 saturated heterocycles. The normalized spacial score (nSPS) is 9.71. The second kappa shape index (κ2) is 5.84. The number of nitrogens with one attached hydrogen (secondary N) is 1. The highest BCUT2D eigenvalue weighted by atomic mass is 16.5. The lowest BCUT2D eigenvalue weighted by atomic mass is 10.1. The zero-order chi connectivity index (χ0) is 15.4. The molecule has 2 aromatic rings. The van der Waals surface area contributed by atoms with Gasteiger partial charge in [0, 0.05) is 11.8 Å². The molecular formula is C15H14N4O2. The summed E-state index contributed by atoms with van der Waals surface area (Å²) in [6.07, 6.45) is 0. The van der Waals surface area contributed by atoms with Crippen molar-refractivity contribution in [3.05, 3.63) is 47.5 Å². The summed E-state index contributed by atoms with van der Waals surface area (Å²) in [5.41, 5.74) is 13.3. The predicted molar refractivity (Wildman–Crippen MR) is 80.4 cm³/mol. The maximum atomic E-state index is 11.5. The number of carbonyl (C=O) groups is 1. The number of hydrogen-bond donors (Lipinski definition) is 3. The summed E-state index contributed by atoms with van der Waals surface area (Å²) in [4.78, 5) is 11.5. The first kappa shape index (κ1) is 14.2. The number of carbonyl (C=O) groups excluding carboxylic acids is 1. The van der Waals surface area contributed by atoms with Crippen LogP contribution in [-0.4, -0.2) is 13.0 Å². The van der Waals surface area contributed by atoms with Gasteiger partial charge in [-0.2, -0.15) is 5.26 Å². The van der Waals surface area contributed by atoms with E-state index in [0.29, 0.717) is 28.4 Å². The zero-order valence-corrected chi connectivity index (χ0v) is 11.4. The molecule has 0 aliphatic rings. The summed E-state index contributed by atoms with van der Waals surface area (Å²) in [5.74, 6) is -0.0984. The van der Waals surface area contributed by atoms with Crippen molar-refractivity contribution >= 4 is 23.0 Å². The van der Waals surface area contributed by atoms with Crippen LogP contribution in [0.1, 0.15) is 15.9 Å². The Labute approximate surface area is 121 Å². The van der Waals surface area contributed by atoms with E-state index >= 15 is 0 Å². The summed E-state index contributed by atoms with van der Waals surface area (Å²) in [5, 5.41) is 11.9. The lowest BCUT2D eigenvalue weighted by Crippen LogP contribution is -2.14. The van der Waals surface area contributed by atoms with E-state index in [-0.39, 0.29) is 5.56 Å². The Kier molecular flexibility index (Phi) is 3.95. The highest BCUT2D eigenvalue weighted by Crippen LogP contribution is 2.30. The standard InChI is InChI=1S/C15H14N4O2/c1-21-14-6-9(8-16)2-4-13(14)19-12-5-3-10(17)7-11(12)15(18)20/h2-7,19H,17H2,1H3,(H2,18,20). The van der Waals surface area contributed by atoms with Crippen LogP contribution < -0.4 is 21.5 Å². The lowest BCUT2D eigenvalue weighted by molar-refractivity contribution is 0.100. The van der Waals surface area contributed by atoms with Crippen molar-refractivity contribution in [2.24, 2.45) is 5.73 Å². The van der Waals surface area contributed by atoms with Crippen molar-refractivity contribution in [3.8, 4) is 11.8 Å². The molecular weight excluding hydrogens is 268 g/mol. The number of ether oxygens (including phenoxy) is 1. The number of primary amides is 1. The van der Waals surface area contributed by atoms with E-state index < -0.39 is 5.91 Å². The van der Waals surface area contributed by atoms with E-state index in [9.17, 15) is 4.79 Å². The maximum absolute atomic E-state index is 11.5. The molecule has 2 aromatic carbocycles. The first-order valence-corrected chi connectivity index (χ1v) is 6.09. The smallest absolute Gasteiger partial charge is 0.250 e. The molecule has 106 valence electrons. The monoisotopic (exact) mass is 282 g/mol. The fraction of sp³-hybridized carbons (Fsp3) is 0.0667. The molecule has 0 aliphatic carbocycles. The number of nitriles is 1. The number of anilines is 3. The minimum atomic E-state index is -0.586. The van der Waals surface area contributed by atoms with Crippen LogP contribution in [0.5, 0.6) is 5.75 Å². The molecule has 0 atom stereocenters. The Morgan fingerprint density at radius 1 is 1.24 bits per heavy atom. The third kappa shape index (κ3) is 3.04. The third-order valence-corrected chi connectivity index (χ3v) is 2.91. The predicted octanol–water partition coefficient (Wildman–Crippen LogP) is 1.99. The maximum Gasteiger partial charge on any atom is 0.250 e. The molecule has 0 heterocycles. The van der Waals surface area contributed by atoms with Crippen LogP contribution in [0.25, 0.3) is 0 Å². The van der Waals surface area contributed by atoms with Gasteiger partial charge in [-0.3, -0.25) is 4.79 Å². The van der Waals surface area contributed by atoms with Gasteiger partial charge in [0.1, 0.15) is 5.75 Å². The van der Waals surface area contributed by atoms with E-state index in [2.05, 4.69) is 5.32 Å². The van der Waals surface area contributed by atoms with Gasteiger partial charge >= 0.3 is 0 Å². The van der Waals surface area contributed by atoms with Crippen molar-refractivity contribution in [1.82, 2.24) is 0 Å². The highest BCUT2D eigenvalue weighted by Gasteiger charge is 2.11. The van der Waals surface area contributed by atoms with Crippen molar-refractivity contribution in [2.45, 2.75) is 0 Å². The molecule has 6 heteroatoms. The molecule has 0 fully saturated rings. The number of amides is 1. The Morgan fingerprint density at radius 2 is 1.95 bits per heavy atom. The Hall–Kier alpha value is -3.20. The molecule has 0 unspecified atom stereocenters. The Morgan fingerprint density at radius 3 is 2.57 bits per heavy atom. The molecule has 0 radical (unpaired) electrons. The number of methoxy groups -OCH3 is 1. The second-order valence-corrected chi connectivity index (χ2v) is 4.32. The molecule has 5 N–H and O–H groups in total. The summed E-state index contributed by atoms with van der Waals surface area (Å²) in [6.45, 7) is 0. The average molecular weight is 282 g/mol. The van der Waals surface area contributed by atoms with E-state index in [0.717, 1.165) is 0 Å². The number of rotatable bonds is 4. The van der Waals surface area contributed by atoms with Gasteiger partial charge in [-0.05, 0) is 30.3 Å². The molecule has 1 amide bonds. The van der Waals surface area contributed by atoms with Crippen LogP contribution in [0.15, 0.2) is 36.4 Å². The van der Waals surface area contributed by atoms with Gasteiger partial charge in [0.05, 0.1) is 35.7 Å². The topological polar surface area (TPSA) is 114 Å². The van der Waals surface area contributed by atoms with Gasteiger partial charge in [0.15, 0.2) is 0 Å². The van der Waals surface area contributed by atoms with Crippen LogP contribution in [0, 0.1) is 11.3 Å². The van der Waals surface area contributed by atoms with E-state index in [1.54, 1.807) is 30.3 Å². The number of hydrogen-bond acceptors (Lipinski definition) is 5. The van der Waals surface area contributed by atoms with Gasteiger partial charge in [-0.1, -0.05) is 0 Å². The summed E-state index contributed by atoms with van der Waals surface area (Å²) in [6, 6.07) is 11.8. The lowest BCUT2D eigenvalue weighted by Gasteiger charge is -2.14. The van der Waals surface area contributed by atoms with Gasteiger partial charge < -0.3 is 21.5 Å². The minimum Gasteiger partial charge on any atom is -0.495 e. The molecule has 0 aliphatic heterocycles. The minimum absolute atomic E-state index is 0.279. The molecule has 0 spiro atoms. The van der Waals surface area contributed by atoms with Crippen molar-refractivity contribution in [1.29, 1.82) is 5.26 Å². The van der Waals surface area contributed by atoms with E-state index in [1.165, 1.54) is 13.2 Å². The van der Waals surface area contributed by atoms with E-state index in [1.807, 2.05) is 6.07 Å². The number of nitrogens with two attached hydrogens (primary N) is 2. The Bertz CT molecular complexity index is 735. The molecule has 0 saturated carbocycles. The van der Waals surface area contributed by atoms with Gasteiger partial charge in [0.2, 0.25) is 0 Å². The van der Waals surface area contributed by atoms with Crippen LogP contribution in [0.3, 0.4) is 0 Å². The fourth-order valence-electron chi connectivity index (χ4n) is 1.88. The Balaban J connectivity index is 2.43.